The maximum Gasteiger partial charge on any atom is 0.141 e. The lowest BCUT2D eigenvalue weighted by Crippen LogP contribution is -2.33. The predicted octanol–water partition coefficient (Wildman–Crippen LogP) is 2.26. The summed E-state index contributed by atoms with van der Waals surface area (Å²) in [5.74, 6) is 0.729. The van der Waals surface area contributed by atoms with E-state index >= 15 is 0 Å². The number of rotatable bonds is 0. The minimum atomic E-state index is 0.0435. The van der Waals surface area contributed by atoms with Gasteiger partial charge in [-0.3, -0.25) is 0 Å². The Labute approximate surface area is 86.6 Å². The molecule has 0 amide bonds. The van der Waals surface area contributed by atoms with E-state index in [-0.39, 0.29) is 6.04 Å². The zero-order chi connectivity index (χ0) is 9.42. The van der Waals surface area contributed by atoms with Crippen LogP contribution in [0.4, 0.5) is 0 Å². The first kappa shape index (κ1) is 9.13. The molecule has 1 aromatic carbocycles. The maximum absolute atomic E-state index is 5.94. The molecule has 4 heteroatoms. The topological polar surface area (TPSA) is 35.2 Å². The first-order chi connectivity index (χ1) is 6.16. The van der Waals surface area contributed by atoms with Gasteiger partial charge in [0.05, 0.1) is 5.02 Å². The van der Waals surface area contributed by atoms with E-state index in [0.717, 1.165) is 17.7 Å². The summed E-state index contributed by atoms with van der Waals surface area (Å²) in [6.45, 7) is 0.522. The highest BCUT2D eigenvalue weighted by Gasteiger charge is 2.19. The summed E-state index contributed by atoms with van der Waals surface area (Å²) in [5, 5.41) is 1.19. The van der Waals surface area contributed by atoms with Gasteiger partial charge in [0, 0.05) is 11.1 Å². The van der Waals surface area contributed by atoms with Crippen LogP contribution in [-0.4, -0.2) is 12.6 Å². The summed E-state index contributed by atoms with van der Waals surface area (Å²) in [5.41, 5.74) is 6.74. The van der Waals surface area contributed by atoms with Gasteiger partial charge < -0.3 is 10.5 Å². The highest BCUT2D eigenvalue weighted by atomic mass is 35.5. The van der Waals surface area contributed by atoms with Crippen molar-refractivity contribution >= 4 is 23.2 Å². The Morgan fingerprint density at radius 3 is 2.92 bits per heavy atom. The summed E-state index contributed by atoms with van der Waals surface area (Å²) in [6.07, 6.45) is 0.773. The van der Waals surface area contributed by atoms with E-state index in [2.05, 4.69) is 0 Å². The number of hydrogen-bond donors (Lipinski definition) is 1. The van der Waals surface area contributed by atoms with Gasteiger partial charge in [-0.15, -0.1) is 0 Å². The molecule has 1 aliphatic heterocycles. The summed E-state index contributed by atoms with van der Waals surface area (Å²) in [7, 11) is 0. The Kier molecular flexibility index (Phi) is 2.37. The van der Waals surface area contributed by atoms with Crippen molar-refractivity contribution in [2.45, 2.75) is 12.5 Å². The highest BCUT2D eigenvalue weighted by Crippen LogP contribution is 2.35. The third-order valence-corrected chi connectivity index (χ3v) is 2.51. The lowest BCUT2D eigenvalue weighted by Gasteiger charge is -2.23. The van der Waals surface area contributed by atoms with Gasteiger partial charge in [-0.25, -0.2) is 0 Å². The maximum atomic E-state index is 5.94. The molecule has 0 saturated heterocycles. The Morgan fingerprint density at radius 2 is 2.15 bits per heavy atom. The normalized spacial score (nSPS) is 20.7. The predicted molar refractivity (Wildman–Crippen MR) is 53.6 cm³/mol. The molecular formula is C9H9Cl2NO. The van der Waals surface area contributed by atoms with E-state index in [1.807, 2.05) is 6.07 Å². The van der Waals surface area contributed by atoms with Gasteiger partial charge in [-0.05, 0) is 24.1 Å². The van der Waals surface area contributed by atoms with Crippen LogP contribution in [0, 0.1) is 0 Å². The molecule has 2 nitrogen and oxygen atoms in total. The lowest BCUT2D eigenvalue weighted by atomic mass is 10.0. The van der Waals surface area contributed by atoms with Crippen LogP contribution in [0.3, 0.4) is 0 Å². The van der Waals surface area contributed by atoms with Crippen LogP contribution < -0.4 is 10.5 Å². The first-order valence-corrected chi connectivity index (χ1v) is 4.78. The van der Waals surface area contributed by atoms with E-state index in [4.69, 9.17) is 33.7 Å². The van der Waals surface area contributed by atoms with Gasteiger partial charge in [-0.2, -0.15) is 0 Å². The number of fused-ring (bicyclic) bond motifs is 1. The van der Waals surface area contributed by atoms with Crippen LogP contribution in [0.1, 0.15) is 5.56 Å². The van der Waals surface area contributed by atoms with Crippen LogP contribution in [0.5, 0.6) is 5.75 Å². The van der Waals surface area contributed by atoms with Crippen molar-refractivity contribution in [3.05, 3.63) is 27.7 Å². The van der Waals surface area contributed by atoms with Crippen molar-refractivity contribution in [2.75, 3.05) is 6.61 Å². The second-order valence-electron chi connectivity index (χ2n) is 3.15. The van der Waals surface area contributed by atoms with Gasteiger partial charge >= 0.3 is 0 Å². The van der Waals surface area contributed by atoms with E-state index in [1.165, 1.54) is 0 Å². The largest absolute Gasteiger partial charge is 0.490 e. The van der Waals surface area contributed by atoms with Crippen molar-refractivity contribution in [3.8, 4) is 5.75 Å². The molecule has 0 spiro atoms. The molecule has 2 N–H and O–H groups in total. The fourth-order valence-corrected chi connectivity index (χ4v) is 2.05. The van der Waals surface area contributed by atoms with Crippen molar-refractivity contribution in [1.82, 2.24) is 0 Å². The number of hydrogen-bond acceptors (Lipinski definition) is 2. The van der Waals surface area contributed by atoms with Crippen molar-refractivity contribution in [2.24, 2.45) is 5.73 Å². The Balaban J connectivity index is 2.47. The number of nitrogens with two attached hydrogens (primary N) is 1. The van der Waals surface area contributed by atoms with Crippen molar-refractivity contribution in [1.29, 1.82) is 0 Å². The van der Waals surface area contributed by atoms with Crippen LogP contribution in [0.15, 0.2) is 12.1 Å². The van der Waals surface area contributed by atoms with Crippen LogP contribution in [0.2, 0.25) is 10.0 Å². The van der Waals surface area contributed by atoms with E-state index in [1.54, 1.807) is 6.07 Å². The first-order valence-electron chi connectivity index (χ1n) is 4.03. The summed E-state index contributed by atoms with van der Waals surface area (Å²) < 4.78 is 5.41. The molecule has 0 unspecified atom stereocenters. The average Bonchev–Trinajstić information content (AvgIpc) is 2.02. The summed E-state index contributed by atoms with van der Waals surface area (Å²) >= 11 is 11.8. The van der Waals surface area contributed by atoms with E-state index in [9.17, 15) is 0 Å². The van der Waals surface area contributed by atoms with Gasteiger partial charge in [0.25, 0.3) is 0 Å². The standard InChI is InChI=1S/C9H9Cl2NO/c10-6-1-5-2-7(12)4-13-9(5)8(11)3-6/h1,3,7H,2,4,12H2/t7-/m0/s1. The Morgan fingerprint density at radius 1 is 1.38 bits per heavy atom. The molecule has 1 aromatic rings. The zero-order valence-corrected chi connectivity index (χ0v) is 8.40. The minimum absolute atomic E-state index is 0.0435. The number of halogens is 2. The Hall–Kier alpha value is -0.440. The fraction of sp³-hybridized carbons (Fsp3) is 0.333. The summed E-state index contributed by atoms with van der Waals surface area (Å²) in [4.78, 5) is 0. The highest BCUT2D eigenvalue weighted by molar-refractivity contribution is 6.35. The van der Waals surface area contributed by atoms with Crippen LogP contribution in [0.25, 0.3) is 0 Å². The minimum Gasteiger partial charge on any atom is -0.490 e. The molecule has 1 aliphatic rings. The monoisotopic (exact) mass is 217 g/mol. The van der Waals surface area contributed by atoms with Crippen LogP contribution in [-0.2, 0) is 6.42 Å². The molecule has 70 valence electrons. The third kappa shape index (κ3) is 1.75. The van der Waals surface area contributed by atoms with Gasteiger partial charge in [0.1, 0.15) is 12.4 Å². The molecule has 0 saturated carbocycles. The van der Waals surface area contributed by atoms with Gasteiger partial charge in [0.2, 0.25) is 0 Å². The molecule has 0 fully saturated rings. The Bertz CT molecular complexity index is 341. The molecule has 0 aromatic heterocycles. The second kappa shape index (κ2) is 3.37. The SMILES string of the molecule is N[C@@H]1COc2c(Cl)cc(Cl)cc2C1. The number of ether oxygens (including phenoxy) is 1. The van der Waals surface area contributed by atoms with Crippen molar-refractivity contribution in [3.63, 3.8) is 0 Å². The van der Waals surface area contributed by atoms with Crippen molar-refractivity contribution < 1.29 is 4.74 Å². The zero-order valence-electron chi connectivity index (χ0n) is 6.89. The molecule has 13 heavy (non-hydrogen) atoms. The molecule has 0 aliphatic carbocycles. The van der Waals surface area contributed by atoms with Gasteiger partial charge in [-0.1, -0.05) is 23.2 Å². The fourth-order valence-electron chi connectivity index (χ4n) is 1.46. The second-order valence-corrected chi connectivity index (χ2v) is 3.99. The molecule has 1 heterocycles. The summed E-state index contributed by atoms with van der Waals surface area (Å²) in [6, 6.07) is 3.57. The van der Waals surface area contributed by atoms with E-state index in [0.29, 0.717) is 16.7 Å². The average molecular weight is 218 g/mol. The van der Waals surface area contributed by atoms with Gasteiger partial charge in [0.15, 0.2) is 0 Å². The van der Waals surface area contributed by atoms with E-state index < -0.39 is 0 Å². The molecule has 2 rings (SSSR count). The molecular weight excluding hydrogens is 209 g/mol. The molecule has 1 atom stereocenters. The molecule has 0 radical (unpaired) electrons. The molecule has 0 bridgehead atoms. The van der Waals surface area contributed by atoms with Crippen LogP contribution >= 0.6 is 23.2 Å². The third-order valence-electron chi connectivity index (χ3n) is 2.01. The quantitative estimate of drug-likeness (QED) is 0.724. The smallest absolute Gasteiger partial charge is 0.141 e. The number of benzene rings is 1. The lowest BCUT2D eigenvalue weighted by molar-refractivity contribution is 0.264.